The van der Waals surface area contributed by atoms with Crippen LogP contribution in [0.1, 0.15) is 38.3 Å². The maximum absolute atomic E-state index is 5.42. The van der Waals surface area contributed by atoms with E-state index in [9.17, 15) is 0 Å². The monoisotopic (exact) mass is 290 g/mol. The molecule has 3 heterocycles. The molecule has 0 radical (unpaired) electrons. The number of nitrogens with zero attached hydrogens (tertiary/aromatic N) is 4. The number of aryl methyl sites for hydroxylation is 1. The van der Waals surface area contributed by atoms with Crippen LogP contribution >= 0.6 is 0 Å². The molecule has 5 heteroatoms. The van der Waals surface area contributed by atoms with Crippen molar-refractivity contribution in [1.29, 1.82) is 0 Å². The molecule has 2 aliphatic rings. The summed E-state index contributed by atoms with van der Waals surface area (Å²) in [5, 5.41) is 0. The maximum atomic E-state index is 5.42. The van der Waals surface area contributed by atoms with Gasteiger partial charge in [0.1, 0.15) is 5.82 Å². The Labute approximate surface area is 127 Å². The Bertz CT molecular complexity index is 473. The highest BCUT2D eigenvalue weighted by molar-refractivity contribution is 5.47. The Morgan fingerprint density at radius 3 is 2.76 bits per heavy atom. The number of hydrogen-bond donors (Lipinski definition) is 0. The molecule has 5 nitrogen and oxygen atoms in total. The highest BCUT2D eigenvalue weighted by Crippen LogP contribution is 2.27. The van der Waals surface area contributed by atoms with Gasteiger partial charge >= 0.3 is 0 Å². The fourth-order valence-corrected chi connectivity index (χ4v) is 3.32. The average Bonchev–Trinajstić information content (AvgIpc) is 2.55. The molecule has 2 fully saturated rings. The van der Waals surface area contributed by atoms with Gasteiger partial charge in [0.2, 0.25) is 5.95 Å². The van der Waals surface area contributed by atoms with Crippen molar-refractivity contribution in [2.75, 3.05) is 42.6 Å². The Kier molecular flexibility index (Phi) is 4.58. The van der Waals surface area contributed by atoms with Gasteiger partial charge in [-0.3, -0.25) is 0 Å². The summed E-state index contributed by atoms with van der Waals surface area (Å²) in [6, 6.07) is 2.77. The topological polar surface area (TPSA) is 41.5 Å². The molecule has 1 atom stereocenters. The molecule has 2 saturated heterocycles. The minimum absolute atomic E-state index is 0.630. The molecule has 0 bridgehead atoms. The molecular weight excluding hydrogens is 264 g/mol. The molecule has 116 valence electrons. The van der Waals surface area contributed by atoms with Crippen molar-refractivity contribution >= 4 is 11.8 Å². The van der Waals surface area contributed by atoms with E-state index in [1.54, 1.807) is 0 Å². The van der Waals surface area contributed by atoms with Crippen molar-refractivity contribution in [2.45, 2.75) is 45.6 Å². The molecule has 0 N–H and O–H groups in total. The zero-order valence-electron chi connectivity index (χ0n) is 13.2. The third-order valence-electron chi connectivity index (χ3n) is 4.52. The van der Waals surface area contributed by atoms with Crippen LogP contribution < -0.4 is 9.80 Å². The zero-order valence-corrected chi connectivity index (χ0v) is 13.2. The predicted molar refractivity (Wildman–Crippen MR) is 85.1 cm³/mol. The van der Waals surface area contributed by atoms with Crippen LogP contribution in [-0.4, -0.2) is 48.9 Å². The first kappa shape index (κ1) is 14.6. The fraction of sp³-hybridized carbons (Fsp3) is 0.750. The van der Waals surface area contributed by atoms with E-state index >= 15 is 0 Å². The SMILES string of the molecule is CCC1CCCCN1c1cc(C)nc(N2CCOCC2)n1. The summed E-state index contributed by atoms with van der Waals surface area (Å²) in [5.41, 5.74) is 1.06. The lowest BCUT2D eigenvalue weighted by atomic mass is 10.00. The molecular formula is C16H26N4O. The number of rotatable bonds is 3. The van der Waals surface area contributed by atoms with Crippen molar-refractivity contribution in [2.24, 2.45) is 0 Å². The van der Waals surface area contributed by atoms with Gasteiger partial charge in [-0.05, 0) is 32.6 Å². The molecule has 1 aromatic heterocycles. The van der Waals surface area contributed by atoms with E-state index in [0.717, 1.165) is 50.3 Å². The smallest absolute Gasteiger partial charge is 0.227 e. The van der Waals surface area contributed by atoms with Crippen molar-refractivity contribution in [3.05, 3.63) is 11.8 Å². The molecule has 0 aliphatic carbocycles. The molecule has 0 spiro atoms. The van der Waals surface area contributed by atoms with E-state index in [-0.39, 0.29) is 0 Å². The molecule has 0 saturated carbocycles. The Morgan fingerprint density at radius 2 is 2.00 bits per heavy atom. The first-order chi connectivity index (χ1) is 10.3. The summed E-state index contributed by atoms with van der Waals surface area (Å²) in [6.07, 6.45) is 5.09. The number of anilines is 2. The summed E-state index contributed by atoms with van der Waals surface area (Å²) in [5.74, 6) is 1.98. The van der Waals surface area contributed by atoms with Crippen LogP contribution in [-0.2, 0) is 4.74 Å². The van der Waals surface area contributed by atoms with Crippen LogP contribution in [0, 0.1) is 6.92 Å². The largest absolute Gasteiger partial charge is 0.378 e. The standard InChI is InChI=1S/C16H26N4O/c1-3-14-6-4-5-7-20(14)15-12-13(2)17-16(18-15)19-8-10-21-11-9-19/h12,14H,3-11H2,1-2H3. The summed E-state index contributed by atoms with van der Waals surface area (Å²) in [6.45, 7) is 8.79. The Balaban J connectivity index is 1.85. The lowest BCUT2D eigenvalue weighted by molar-refractivity contribution is 0.122. The normalized spacial score (nSPS) is 23.4. The number of piperidine rings is 1. The summed E-state index contributed by atoms with van der Waals surface area (Å²) in [4.78, 5) is 14.2. The van der Waals surface area contributed by atoms with Crippen LogP contribution in [0.25, 0.3) is 0 Å². The minimum atomic E-state index is 0.630. The number of ether oxygens (including phenoxy) is 1. The average molecular weight is 290 g/mol. The van der Waals surface area contributed by atoms with E-state index in [1.165, 1.54) is 25.7 Å². The van der Waals surface area contributed by atoms with Gasteiger partial charge in [0.05, 0.1) is 13.2 Å². The second-order valence-corrected chi connectivity index (χ2v) is 6.02. The van der Waals surface area contributed by atoms with Crippen LogP contribution in [0.4, 0.5) is 11.8 Å². The highest BCUT2D eigenvalue weighted by atomic mass is 16.5. The molecule has 1 unspecified atom stereocenters. The minimum Gasteiger partial charge on any atom is -0.378 e. The third-order valence-corrected chi connectivity index (χ3v) is 4.52. The number of hydrogen-bond acceptors (Lipinski definition) is 5. The number of morpholine rings is 1. The summed E-state index contributed by atoms with van der Waals surface area (Å²) in [7, 11) is 0. The van der Waals surface area contributed by atoms with Gasteiger partial charge in [-0.25, -0.2) is 4.98 Å². The molecule has 21 heavy (non-hydrogen) atoms. The third kappa shape index (κ3) is 3.28. The zero-order chi connectivity index (χ0) is 14.7. The second kappa shape index (κ2) is 6.60. The molecule has 2 aliphatic heterocycles. The summed E-state index contributed by atoms with van der Waals surface area (Å²) < 4.78 is 5.42. The van der Waals surface area contributed by atoms with Crippen LogP contribution in [0.15, 0.2) is 6.07 Å². The van der Waals surface area contributed by atoms with Gasteiger partial charge in [-0.1, -0.05) is 6.92 Å². The maximum Gasteiger partial charge on any atom is 0.227 e. The van der Waals surface area contributed by atoms with Gasteiger partial charge < -0.3 is 14.5 Å². The van der Waals surface area contributed by atoms with Crippen LogP contribution in [0.3, 0.4) is 0 Å². The molecule has 0 aromatic carbocycles. The molecule has 3 rings (SSSR count). The van der Waals surface area contributed by atoms with Crippen molar-refractivity contribution < 1.29 is 4.74 Å². The second-order valence-electron chi connectivity index (χ2n) is 6.02. The van der Waals surface area contributed by atoms with Crippen molar-refractivity contribution in [3.63, 3.8) is 0 Å². The number of aromatic nitrogens is 2. The van der Waals surface area contributed by atoms with Crippen LogP contribution in [0.5, 0.6) is 0 Å². The lowest BCUT2D eigenvalue weighted by Crippen LogP contribution is -2.41. The van der Waals surface area contributed by atoms with E-state index < -0.39 is 0 Å². The first-order valence-corrected chi connectivity index (χ1v) is 8.23. The van der Waals surface area contributed by atoms with Gasteiger partial charge in [0.15, 0.2) is 0 Å². The fourth-order valence-electron chi connectivity index (χ4n) is 3.32. The van der Waals surface area contributed by atoms with Gasteiger partial charge in [-0.15, -0.1) is 0 Å². The highest BCUT2D eigenvalue weighted by Gasteiger charge is 2.24. The van der Waals surface area contributed by atoms with E-state index in [2.05, 4.69) is 34.7 Å². The Morgan fingerprint density at radius 1 is 1.19 bits per heavy atom. The Hall–Kier alpha value is -1.36. The van der Waals surface area contributed by atoms with E-state index in [0.29, 0.717) is 6.04 Å². The van der Waals surface area contributed by atoms with Gasteiger partial charge in [-0.2, -0.15) is 4.98 Å². The lowest BCUT2D eigenvalue weighted by Gasteiger charge is -2.37. The molecule has 0 amide bonds. The molecule has 1 aromatic rings. The van der Waals surface area contributed by atoms with E-state index in [1.807, 2.05) is 0 Å². The van der Waals surface area contributed by atoms with Gasteiger partial charge in [0, 0.05) is 37.4 Å². The van der Waals surface area contributed by atoms with Crippen LogP contribution in [0.2, 0.25) is 0 Å². The van der Waals surface area contributed by atoms with E-state index in [4.69, 9.17) is 9.72 Å². The van der Waals surface area contributed by atoms with Crippen molar-refractivity contribution in [1.82, 2.24) is 9.97 Å². The van der Waals surface area contributed by atoms with Gasteiger partial charge in [0.25, 0.3) is 0 Å². The quantitative estimate of drug-likeness (QED) is 0.855. The van der Waals surface area contributed by atoms with Crippen molar-refractivity contribution in [3.8, 4) is 0 Å². The first-order valence-electron chi connectivity index (χ1n) is 8.23. The predicted octanol–water partition coefficient (Wildman–Crippen LogP) is 2.39. The summed E-state index contributed by atoms with van der Waals surface area (Å²) >= 11 is 0.